The summed E-state index contributed by atoms with van der Waals surface area (Å²) < 4.78 is 1.94. The molecule has 7 heteroatoms. The molecule has 0 radical (unpaired) electrons. The summed E-state index contributed by atoms with van der Waals surface area (Å²) in [6, 6.07) is 18.0. The van der Waals surface area contributed by atoms with Crippen LogP contribution in [-0.2, 0) is 11.2 Å². The SMILES string of the molecule is Cc1ccc(-n2cccc2C=NNC(=O)Cc2ccccc2[N+](=O)[O-])cc1. The fraction of sp³-hybridized carbons (Fsp3) is 0.100. The first-order chi connectivity index (χ1) is 13.0. The Morgan fingerprint density at radius 2 is 1.89 bits per heavy atom. The summed E-state index contributed by atoms with van der Waals surface area (Å²) in [6.07, 6.45) is 3.33. The molecule has 0 atom stereocenters. The van der Waals surface area contributed by atoms with Gasteiger partial charge in [0.05, 0.1) is 23.3 Å². The van der Waals surface area contributed by atoms with Crippen molar-refractivity contribution in [2.45, 2.75) is 13.3 Å². The maximum atomic E-state index is 12.1. The Morgan fingerprint density at radius 3 is 2.63 bits per heavy atom. The van der Waals surface area contributed by atoms with E-state index in [0.717, 1.165) is 11.4 Å². The van der Waals surface area contributed by atoms with Gasteiger partial charge in [0.25, 0.3) is 5.69 Å². The van der Waals surface area contributed by atoms with Gasteiger partial charge in [-0.15, -0.1) is 0 Å². The molecule has 1 amide bonds. The summed E-state index contributed by atoms with van der Waals surface area (Å²) >= 11 is 0. The number of carbonyl (C=O) groups excluding carboxylic acids is 1. The van der Waals surface area contributed by atoms with E-state index in [2.05, 4.69) is 10.5 Å². The monoisotopic (exact) mass is 362 g/mol. The molecule has 136 valence electrons. The number of nitrogens with one attached hydrogen (secondary N) is 1. The van der Waals surface area contributed by atoms with Crippen LogP contribution in [0.3, 0.4) is 0 Å². The number of hydrogen-bond acceptors (Lipinski definition) is 4. The lowest BCUT2D eigenvalue weighted by Crippen LogP contribution is -2.20. The minimum Gasteiger partial charge on any atom is -0.316 e. The van der Waals surface area contributed by atoms with Gasteiger partial charge in [-0.25, -0.2) is 5.43 Å². The number of rotatable bonds is 6. The minimum atomic E-state index is -0.500. The van der Waals surface area contributed by atoms with Gasteiger partial charge >= 0.3 is 0 Å². The van der Waals surface area contributed by atoms with Crippen molar-refractivity contribution in [2.75, 3.05) is 0 Å². The number of aromatic nitrogens is 1. The Bertz CT molecular complexity index is 990. The first-order valence-corrected chi connectivity index (χ1v) is 8.33. The largest absolute Gasteiger partial charge is 0.316 e. The van der Waals surface area contributed by atoms with E-state index in [1.54, 1.807) is 18.2 Å². The van der Waals surface area contributed by atoms with Crippen molar-refractivity contribution in [2.24, 2.45) is 5.10 Å². The van der Waals surface area contributed by atoms with Crippen LogP contribution in [0, 0.1) is 17.0 Å². The number of benzene rings is 2. The number of nitro groups is 1. The third kappa shape index (κ3) is 4.46. The predicted molar refractivity (Wildman–Crippen MR) is 103 cm³/mol. The maximum absolute atomic E-state index is 12.1. The van der Waals surface area contributed by atoms with Crippen molar-refractivity contribution >= 4 is 17.8 Å². The molecule has 0 unspecified atom stereocenters. The molecule has 0 saturated carbocycles. The molecule has 0 fully saturated rings. The second kappa shape index (κ2) is 8.09. The van der Waals surface area contributed by atoms with Crippen LogP contribution in [0.2, 0.25) is 0 Å². The lowest BCUT2D eigenvalue weighted by atomic mass is 10.1. The molecule has 1 N–H and O–H groups in total. The van der Waals surface area contributed by atoms with Crippen molar-refractivity contribution < 1.29 is 9.72 Å². The van der Waals surface area contributed by atoms with Gasteiger partial charge in [0.2, 0.25) is 5.91 Å². The average molecular weight is 362 g/mol. The Labute approximate surface area is 156 Å². The highest BCUT2D eigenvalue weighted by Gasteiger charge is 2.15. The Hall–Kier alpha value is -3.74. The van der Waals surface area contributed by atoms with Gasteiger partial charge < -0.3 is 4.57 Å². The molecule has 3 rings (SSSR count). The molecule has 0 aliphatic rings. The highest BCUT2D eigenvalue weighted by Crippen LogP contribution is 2.18. The third-order valence-electron chi connectivity index (χ3n) is 4.02. The number of hydrogen-bond donors (Lipinski definition) is 1. The van der Waals surface area contributed by atoms with Crippen LogP contribution in [0.25, 0.3) is 5.69 Å². The van der Waals surface area contributed by atoms with Crippen molar-refractivity contribution in [3.8, 4) is 5.69 Å². The van der Waals surface area contributed by atoms with Crippen molar-refractivity contribution in [1.29, 1.82) is 0 Å². The molecular formula is C20H18N4O3. The highest BCUT2D eigenvalue weighted by atomic mass is 16.6. The van der Waals surface area contributed by atoms with Gasteiger partial charge in [-0.2, -0.15) is 5.10 Å². The van der Waals surface area contributed by atoms with E-state index in [-0.39, 0.29) is 12.1 Å². The lowest BCUT2D eigenvalue weighted by molar-refractivity contribution is -0.385. The fourth-order valence-corrected chi connectivity index (χ4v) is 2.66. The van der Waals surface area contributed by atoms with Gasteiger partial charge in [0, 0.05) is 23.5 Å². The molecule has 0 aliphatic heterocycles. The van der Waals surface area contributed by atoms with E-state index < -0.39 is 10.8 Å². The molecule has 3 aromatic rings. The number of aryl methyl sites for hydroxylation is 1. The Kier molecular flexibility index (Phi) is 5.41. The summed E-state index contributed by atoms with van der Waals surface area (Å²) in [7, 11) is 0. The zero-order valence-electron chi connectivity index (χ0n) is 14.7. The fourth-order valence-electron chi connectivity index (χ4n) is 2.66. The lowest BCUT2D eigenvalue weighted by Gasteiger charge is -2.06. The molecule has 0 bridgehead atoms. The molecule has 1 heterocycles. The van der Waals surface area contributed by atoms with Gasteiger partial charge in [-0.3, -0.25) is 14.9 Å². The molecule has 0 saturated heterocycles. The zero-order chi connectivity index (χ0) is 19.2. The third-order valence-corrected chi connectivity index (χ3v) is 4.02. The smallest absolute Gasteiger partial charge is 0.273 e. The summed E-state index contributed by atoms with van der Waals surface area (Å²) in [5.74, 6) is -0.422. The van der Waals surface area contributed by atoms with Gasteiger partial charge in [0.1, 0.15) is 0 Å². The van der Waals surface area contributed by atoms with Gasteiger partial charge in [0.15, 0.2) is 0 Å². The van der Waals surface area contributed by atoms with E-state index in [9.17, 15) is 14.9 Å². The zero-order valence-corrected chi connectivity index (χ0v) is 14.7. The second-order valence-corrected chi connectivity index (χ2v) is 5.99. The van der Waals surface area contributed by atoms with Crippen LogP contribution < -0.4 is 5.43 Å². The molecule has 1 aromatic heterocycles. The van der Waals surface area contributed by atoms with Crippen LogP contribution in [0.1, 0.15) is 16.8 Å². The average Bonchev–Trinajstić information content (AvgIpc) is 3.11. The molecule has 0 spiro atoms. The molecule has 7 nitrogen and oxygen atoms in total. The highest BCUT2D eigenvalue weighted by molar-refractivity contribution is 5.83. The van der Waals surface area contributed by atoms with Crippen molar-refractivity contribution in [3.05, 3.63) is 93.8 Å². The van der Waals surface area contributed by atoms with Crippen LogP contribution in [-0.4, -0.2) is 21.6 Å². The number of hydrazone groups is 1. The number of para-hydroxylation sites is 1. The topological polar surface area (TPSA) is 89.5 Å². The van der Waals surface area contributed by atoms with Crippen LogP contribution in [0.5, 0.6) is 0 Å². The normalized spacial score (nSPS) is 10.9. The molecule has 2 aromatic carbocycles. The van der Waals surface area contributed by atoms with Crippen LogP contribution in [0.15, 0.2) is 72.0 Å². The molecular weight excluding hydrogens is 344 g/mol. The number of carbonyl (C=O) groups is 1. The van der Waals surface area contributed by atoms with E-state index in [0.29, 0.717) is 5.56 Å². The van der Waals surface area contributed by atoms with Crippen molar-refractivity contribution in [1.82, 2.24) is 9.99 Å². The van der Waals surface area contributed by atoms with E-state index >= 15 is 0 Å². The van der Waals surface area contributed by atoms with Crippen LogP contribution in [0.4, 0.5) is 5.69 Å². The quantitative estimate of drug-likeness (QED) is 0.414. The number of nitro benzene ring substituents is 1. The standard InChI is InChI=1S/C20H18N4O3/c1-15-8-10-17(11-9-15)23-12-4-6-18(23)14-21-22-20(25)13-16-5-2-3-7-19(16)24(26)27/h2-12,14H,13H2,1H3,(H,22,25). The Balaban J connectivity index is 1.67. The molecule has 27 heavy (non-hydrogen) atoms. The van der Waals surface area contributed by atoms with E-state index in [4.69, 9.17) is 0 Å². The first-order valence-electron chi connectivity index (χ1n) is 8.33. The summed E-state index contributed by atoms with van der Waals surface area (Å²) in [4.78, 5) is 22.6. The van der Waals surface area contributed by atoms with Crippen LogP contribution >= 0.6 is 0 Å². The molecule has 0 aliphatic carbocycles. The summed E-state index contributed by atoms with van der Waals surface area (Å²) in [5.41, 5.74) is 5.64. The van der Waals surface area contributed by atoms with Gasteiger partial charge in [-0.05, 0) is 31.2 Å². The number of nitrogens with zero attached hydrogens (tertiary/aromatic N) is 3. The van der Waals surface area contributed by atoms with E-state index in [1.807, 2.05) is 54.1 Å². The first kappa shape index (κ1) is 18.1. The minimum absolute atomic E-state index is 0.0788. The number of amides is 1. The predicted octanol–water partition coefficient (Wildman–Crippen LogP) is 3.39. The van der Waals surface area contributed by atoms with Gasteiger partial charge in [-0.1, -0.05) is 35.9 Å². The Morgan fingerprint density at radius 1 is 1.15 bits per heavy atom. The summed E-state index contributed by atoms with van der Waals surface area (Å²) in [5, 5.41) is 15.0. The second-order valence-electron chi connectivity index (χ2n) is 5.99. The van der Waals surface area contributed by atoms with E-state index in [1.165, 1.54) is 17.8 Å². The maximum Gasteiger partial charge on any atom is 0.273 e. The van der Waals surface area contributed by atoms with Crippen molar-refractivity contribution in [3.63, 3.8) is 0 Å². The summed E-state index contributed by atoms with van der Waals surface area (Å²) in [6.45, 7) is 2.02.